The van der Waals surface area contributed by atoms with Crippen molar-refractivity contribution in [1.29, 1.82) is 0 Å². The van der Waals surface area contributed by atoms with Crippen molar-refractivity contribution in [3.05, 3.63) is 35.3 Å². The highest BCUT2D eigenvalue weighted by Gasteiger charge is 2.16. The van der Waals surface area contributed by atoms with Crippen molar-refractivity contribution in [2.75, 3.05) is 13.7 Å². The number of nitrogens with zero attached hydrogens (tertiary/aromatic N) is 2. The van der Waals surface area contributed by atoms with Gasteiger partial charge in [-0.05, 0) is 25.5 Å². The Labute approximate surface area is 95.0 Å². The largest absolute Gasteiger partial charge is 0.383 e. The standard InChI is InChI=1S/C12H17N3O/c1-8-5-4-6-15-11(10(13)7-16-3)9(2)14-12(8)15/h4-6,10H,7,13H2,1-3H3. The van der Waals surface area contributed by atoms with E-state index in [0.29, 0.717) is 6.61 Å². The summed E-state index contributed by atoms with van der Waals surface area (Å²) in [5, 5.41) is 0. The van der Waals surface area contributed by atoms with E-state index in [0.717, 1.165) is 22.6 Å². The van der Waals surface area contributed by atoms with Crippen LogP contribution in [0.1, 0.15) is 23.0 Å². The predicted molar refractivity (Wildman–Crippen MR) is 63.5 cm³/mol. The fraction of sp³-hybridized carbons (Fsp3) is 0.417. The fourth-order valence-electron chi connectivity index (χ4n) is 2.04. The van der Waals surface area contributed by atoms with E-state index < -0.39 is 0 Å². The first-order chi connectivity index (χ1) is 7.65. The molecule has 0 aliphatic rings. The monoisotopic (exact) mass is 219 g/mol. The van der Waals surface area contributed by atoms with Crippen LogP contribution >= 0.6 is 0 Å². The molecule has 0 aromatic carbocycles. The summed E-state index contributed by atoms with van der Waals surface area (Å²) < 4.78 is 7.15. The minimum absolute atomic E-state index is 0.137. The zero-order valence-electron chi connectivity index (χ0n) is 9.90. The van der Waals surface area contributed by atoms with Gasteiger partial charge >= 0.3 is 0 Å². The number of rotatable bonds is 3. The van der Waals surface area contributed by atoms with Gasteiger partial charge in [-0.1, -0.05) is 6.07 Å². The molecule has 86 valence electrons. The highest BCUT2D eigenvalue weighted by atomic mass is 16.5. The lowest BCUT2D eigenvalue weighted by Gasteiger charge is -2.11. The second kappa shape index (κ2) is 4.23. The number of imidazole rings is 1. The van der Waals surface area contributed by atoms with Crippen LogP contribution in [0.3, 0.4) is 0 Å². The van der Waals surface area contributed by atoms with Gasteiger partial charge in [0, 0.05) is 13.3 Å². The van der Waals surface area contributed by atoms with Crippen molar-refractivity contribution in [2.24, 2.45) is 5.73 Å². The molecule has 0 radical (unpaired) electrons. The summed E-state index contributed by atoms with van der Waals surface area (Å²) in [4.78, 5) is 4.54. The summed E-state index contributed by atoms with van der Waals surface area (Å²) >= 11 is 0. The summed E-state index contributed by atoms with van der Waals surface area (Å²) in [7, 11) is 1.66. The smallest absolute Gasteiger partial charge is 0.140 e. The van der Waals surface area contributed by atoms with Crippen molar-refractivity contribution in [3.63, 3.8) is 0 Å². The maximum atomic E-state index is 6.08. The number of hydrogen-bond acceptors (Lipinski definition) is 3. The number of fused-ring (bicyclic) bond motifs is 1. The maximum Gasteiger partial charge on any atom is 0.140 e. The molecule has 2 N–H and O–H groups in total. The third kappa shape index (κ3) is 1.70. The third-order valence-electron chi connectivity index (χ3n) is 2.76. The van der Waals surface area contributed by atoms with Gasteiger partial charge in [-0.2, -0.15) is 0 Å². The molecule has 16 heavy (non-hydrogen) atoms. The minimum atomic E-state index is -0.137. The summed E-state index contributed by atoms with van der Waals surface area (Å²) in [6, 6.07) is 3.92. The second-order valence-electron chi connectivity index (χ2n) is 4.03. The molecule has 4 heteroatoms. The Kier molecular flexibility index (Phi) is 2.94. The molecule has 0 fully saturated rings. The molecule has 0 spiro atoms. The lowest BCUT2D eigenvalue weighted by atomic mass is 10.2. The fourth-order valence-corrected chi connectivity index (χ4v) is 2.04. The van der Waals surface area contributed by atoms with Gasteiger partial charge in [0.2, 0.25) is 0 Å². The van der Waals surface area contributed by atoms with Gasteiger partial charge < -0.3 is 14.9 Å². The molecule has 2 rings (SSSR count). The zero-order valence-corrected chi connectivity index (χ0v) is 9.90. The molecule has 0 aliphatic heterocycles. The summed E-state index contributed by atoms with van der Waals surface area (Å²) in [5.74, 6) is 0. The van der Waals surface area contributed by atoms with Crippen LogP contribution in [0.5, 0.6) is 0 Å². The summed E-state index contributed by atoms with van der Waals surface area (Å²) in [6.07, 6.45) is 1.99. The molecule has 2 aromatic rings. The van der Waals surface area contributed by atoms with E-state index in [1.54, 1.807) is 7.11 Å². The lowest BCUT2D eigenvalue weighted by Crippen LogP contribution is -2.19. The van der Waals surface area contributed by atoms with Crippen LogP contribution in [-0.2, 0) is 4.74 Å². The van der Waals surface area contributed by atoms with E-state index in [4.69, 9.17) is 10.5 Å². The number of ether oxygens (including phenoxy) is 1. The summed E-state index contributed by atoms with van der Waals surface area (Å²) in [6.45, 7) is 4.53. The van der Waals surface area contributed by atoms with Crippen molar-refractivity contribution in [2.45, 2.75) is 19.9 Å². The molecule has 0 amide bonds. The normalized spacial score (nSPS) is 13.2. The van der Waals surface area contributed by atoms with E-state index in [2.05, 4.69) is 4.98 Å². The van der Waals surface area contributed by atoms with Gasteiger partial charge in [0.1, 0.15) is 5.65 Å². The Hall–Kier alpha value is -1.39. The van der Waals surface area contributed by atoms with Gasteiger partial charge in [-0.3, -0.25) is 0 Å². The van der Waals surface area contributed by atoms with Gasteiger partial charge in [-0.25, -0.2) is 4.98 Å². The second-order valence-corrected chi connectivity index (χ2v) is 4.03. The first-order valence-electron chi connectivity index (χ1n) is 5.34. The van der Waals surface area contributed by atoms with Crippen molar-refractivity contribution >= 4 is 5.65 Å². The maximum absolute atomic E-state index is 6.08. The Morgan fingerprint density at radius 3 is 2.94 bits per heavy atom. The topological polar surface area (TPSA) is 52.5 Å². The van der Waals surface area contributed by atoms with Gasteiger partial charge in [0.15, 0.2) is 0 Å². The average Bonchev–Trinajstić information content (AvgIpc) is 2.56. The van der Waals surface area contributed by atoms with Gasteiger partial charge in [0.25, 0.3) is 0 Å². The van der Waals surface area contributed by atoms with Crippen molar-refractivity contribution < 1.29 is 4.74 Å². The van der Waals surface area contributed by atoms with Crippen molar-refractivity contribution in [3.8, 4) is 0 Å². The van der Waals surface area contributed by atoms with Crippen LogP contribution in [0.25, 0.3) is 5.65 Å². The van der Waals surface area contributed by atoms with Crippen LogP contribution in [0.2, 0.25) is 0 Å². The van der Waals surface area contributed by atoms with Crippen LogP contribution in [0, 0.1) is 13.8 Å². The number of pyridine rings is 1. The van der Waals surface area contributed by atoms with Crippen LogP contribution in [-0.4, -0.2) is 23.1 Å². The van der Waals surface area contributed by atoms with E-state index in [1.165, 1.54) is 0 Å². The zero-order chi connectivity index (χ0) is 11.7. The van der Waals surface area contributed by atoms with E-state index in [-0.39, 0.29) is 6.04 Å². The quantitative estimate of drug-likeness (QED) is 0.853. The Bertz CT molecular complexity index is 504. The van der Waals surface area contributed by atoms with E-state index >= 15 is 0 Å². The Morgan fingerprint density at radius 2 is 2.25 bits per heavy atom. The van der Waals surface area contributed by atoms with Crippen LogP contribution in [0.4, 0.5) is 0 Å². The number of nitrogens with two attached hydrogens (primary N) is 1. The lowest BCUT2D eigenvalue weighted by molar-refractivity contribution is 0.179. The molecular formula is C12H17N3O. The first kappa shape index (κ1) is 11.1. The number of aromatic nitrogens is 2. The van der Waals surface area contributed by atoms with Crippen molar-refractivity contribution in [1.82, 2.24) is 9.38 Å². The highest BCUT2D eigenvalue weighted by molar-refractivity contribution is 5.50. The highest BCUT2D eigenvalue weighted by Crippen LogP contribution is 2.20. The molecular weight excluding hydrogens is 202 g/mol. The average molecular weight is 219 g/mol. The molecule has 2 heterocycles. The third-order valence-corrected chi connectivity index (χ3v) is 2.76. The minimum Gasteiger partial charge on any atom is -0.383 e. The molecule has 1 unspecified atom stereocenters. The molecule has 0 bridgehead atoms. The predicted octanol–water partition coefficient (Wildman–Crippen LogP) is 1.60. The Morgan fingerprint density at radius 1 is 1.50 bits per heavy atom. The van der Waals surface area contributed by atoms with E-state index in [1.807, 2.05) is 36.6 Å². The summed E-state index contributed by atoms with van der Waals surface area (Å²) in [5.41, 5.74) is 10.2. The van der Waals surface area contributed by atoms with Gasteiger partial charge in [0.05, 0.1) is 24.0 Å². The molecule has 0 saturated heterocycles. The molecule has 0 aliphatic carbocycles. The first-order valence-corrected chi connectivity index (χ1v) is 5.34. The number of aryl methyl sites for hydroxylation is 2. The molecule has 4 nitrogen and oxygen atoms in total. The van der Waals surface area contributed by atoms with E-state index in [9.17, 15) is 0 Å². The number of methoxy groups -OCH3 is 1. The molecule has 0 saturated carbocycles. The van der Waals surface area contributed by atoms with Crippen LogP contribution < -0.4 is 5.73 Å². The SMILES string of the molecule is COCC(N)c1c(C)nc2c(C)cccn12. The molecule has 1 atom stereocenters. The molecule has 2 aromatic heterocycles. The Balaban J connectivity index is 2.60. The van der Waals surface area contributed by atoms with Gasteiger partial charge in [-0.15, -0.1) is 0 Å². The van der Waals surface area contributed by atoms with Crippen LogP contribution in [0.15, 0.2) is 18.3 Å². The number of hydrogen-bond donors (Lipinski definition) is 1.